The lowest BCUT2D eigenvalue weighted by molar-refractivity contribution is -0.142. The summed E-state index contributed by atoms with van der Waals surface area (Å²) in [4.78, 5) is 34.8. The average Bonchev–Trinajstić information content (AvgIpc) is 3.02. The third-order valence-corrected chi connectivity index (χ3v) is 8.65. The van der Waals surface area contributed by atoms with Crippen LogP contribution in [0.3, 0.4) is 0 Å². The molecule has 3 heterocycles. The Hall–Kier alpha value is -3.99. The van der Waals surface area contributed by atoms with Gasteiger partial charge in [-0.2, -0.15) is 0 Å². The van der Waals surface area contributed by atoms with E-state index in [1.807, 2.05) is 24.3 Å². The van der Waals surface area contributed by atoms with E-state index in [0.717, 1.165) is 30.9 Å². The zero-order valence-corrected chi connectivity index (χ0v) is 24.4. The zero-order chi connectivity index (χ0) is 30.1. The number of aromatic nitrogens is 1. The van der Waals surface area contributed by atoms with Gasteiger partial charge in [-0.3, -0.25) is 13.9 Å². The van der Waals surface area contributed by atoms with Gasteiger partial charge in [0.2, 0.25) is 11.8 Å². The van der Waals surface area contributed by atoms with Gasteiger partial charge in [0.25, 0.3) is 0 Å². The SMILES string of the molecule is O=C1C[C@](c2ccc(N3CCOCC3)cc2)(c2cccc(Oc3ccc(F)c(F)c3)n2)N(S)C(=O)C1c1ccccc1Cl. The molecule has 2 aliphatic rings. The molecule has 2 aliphatic heterocycles. The van der Waals surface area contributed by atoms with Crippen LogP contribution in [-0.4, -0.2) is 47.3 Å². The topological polar surface area (TPSA) is 72.0 Å². The number of thiol groups is 1. The smallest absolute Gasteiger partial charge is 0.248 e. The van der Waals surface area contributed by atoms with Gasteiger partial charge in [-0.15, -0.1) is 0 Å². The Bertz CT molecular complexity index is 1690. The molecule has 11 heteroatoms. The molecule has 0 bridgehead atoms. The molecular formula is C32H26ClF2N3O4S. The van der Waals surface area contributed by atoms with Crippen LogP contribution in [0.4, 0.5) is 14.5 Å². The number of carbonyl (C=O) groups excluding carboxylic acids is 2. The van der Waals surface area contributed by atoms with Gasteiger partial charge in [-0.25, -0.2) is 13.8 Å². The Kier molecular flexibility index (Phi) is 8.09. The van der Waals surface area contributed by atoms with E-state index in [9.17, 15) is 18.4 Å². The van der Waals surface area contributed by atoms with Crippen molar-refractivity contribution in [3.05, 3.63) is 118 Å². The van der Waals surface area contributed by atoms with Crippen LogP contribution in [0.2, 0.25) is 5.02 Å². The number of pyridine rings is 1. The second kappa shape index (κ2) is 11.9. The van der Waals surface area contributed by atoms with E-state index in [0.29, 0.717) is 35.1 Å². The van der Waals surface area contributed by atoms with Gasteiger partial charge >= 0.3 is 0 Å². The number of morpholine rings is 1. The molecule has 1 unspecified atom stereocenters. The lowest BCUT2D eigenvalue weighted by atomic mass is 9.74. The summed E-state index contributed by atoms with van der Waals surface area (Å²) in [6, 6.07) is 22.3. The second-order valence-corrected chi connectivity index (χ2v) is 11.1. The first kappa shape index (κ1) is 29.1. The van der Waals surface area contributed by atoms with Crippen LogP contribution in [0.5, 0.6) is 11.6 Å². The fourth-order valence-corrected chi connectivity index (χ4v) is 6.25. The second-order valence-electron chi connectivity index (χ2n) is 10.3. The number of hydrogen-bond acceptors (Lipinski definition) is 7. The first-order valence-corrected chi connectivity index (χ1v) is 14.4. The molecule has 0 aliphatic carbocycles. The van der Waals surface area contributed by atoms with Gasteiger partial charge in [0.15, 0.2) is 17.4 Å². The summed E-state index contributed by atoms with van der Waals surface area (Å²) in [5.41, 5.74) is 0.861. The van der Waals surface area contributed by atoms with Crippen molar-refractivity contribution in [2.45, 2.75) is 17.9 Å². The third-order valence-electron chi connectivity index (χ3n) is 7.77. The standard InChI is InChI=1S/C32H26ClF2N3O4S/c33-24-5-2-1-4-23(24)30-27(39)19-32(38(43)31(30)40,20-8-10-21(11-9-20)37-14-16-41-17-15-37)28-6-3-7-29(36-28)42-22-12-13-25(34)26(35)18-22/h1-13,18,30,43H,14-17,19H2/t30?,32-/m0/s1. The molecule has 7 nitrogen and oxygen atoms in total. The summed E-state index contributed by atoms with van der Waals surface area (Å²) in [5, 5.41) is 0.304. The lowest BCUT2D eigenvalue weighted by Crippen LogP contribution is -2.54. The summed E-state index contributed by atoms with van der Waals surface area (Å²) in [5.74, 6) is -4.04. The molecule has 4 aromatic rings. The molecule has 0 N–H and O–H groups in total. The van der Waals surface area contributed by atoms with E-state index in [4.69, 9.17) is 33.9 Å². The largest absolute Gasteiger partial charge is 0.439 e. The number of rotatable bonds is 6. The van der Waals surface area contributed by atoms with E-state index >= 15 is 0 Å². The summed E-state index contributed by atoms with van der Waals surface area (Å²) in [7, 11) is 0. The highest BCUT2D eigenvalue weighted by molar-refractivity contribution is 7.78. The molecule has 3 aromatic carbocycles. The molecule has 0 spiro atoms. The minimum absolute atomic E-state index is 0.0322. The number of benzene rings is 3. The average molecular weight is 622 g/mol. The molecule has 220 valence electrons. The molecule has 0 radical (unpaired) electrons. The van der Waals surface area contributed by atoms with Crippen molar-refractivity contribution in [3.63, 3.8) is 0 Å². The number of halogens is 3. The number of anilines is 1. The number of Topliss-reactive ketones (excluding diaryl/α,β-unsaturated/α-hetero) is 1. The predicted octanol–water partition coefficient (Wildman–Crippen LogP) is 6.32. The maximum absolute atomic E-state index is 14.0. The van der Waals surface area contributed by atoms with Crippen LogP contribution in [0.15, 0.2) is 84.9 Å². The zero-order valence-electron chi connectivity index (χ0n) is 22.8. The van der Waals surface area contributed by atoms with E-state index < -0.39 is 29.0 Å². The van der Waals surface area contributed by atoms with E-state index in [1.54, 1.807) is 42.5 Å². The quantitative estimate of drug-likeness (QED) is 0.201. The Morgan fingerprint density at radius 2 is 1.67 bits per heavy atom. The van der Waals surface area contributed by atoms with Crippen LogP contribution >= 0.6 is 24.4 Å². The number of amides is 1. The molecule has 1 amide bonds. The summed E-state index contributed by atoms with van der Waals surface area (Å²) < 4.78 is 39.8. The summed E-state index contributed by atoms with van der Waals surface area (Å²) in [6.07, 6.45) is -0.156. The van der Waals surface area contributed by atoms with Gasteiger partial charge < -0.3 is 14.4 Å². The van der Waals surface area contributed by atoms with Crippen molar-refractivity contribution in [1.82, 2.24) is 9.29 Å². The third kappa shape index (κ3) is 5.46. The number of ether oxygens (including phenoxy) is 2. The minimum atomic E-state index is -1.42. The highest BCUT2D eigenvalue weighted by Gasteiger charge is 2.53. The molecule has 43 heavy (non-hydrogen) atoms. The van der Waals surface area contributed by atoms with E-state index in [2.05, 4.69) is 9.88 Å². The lowest BCUT2D eigenvalue weighted by Gasteiger charge is -2.45. The van der Waals surface area contributed by atoms with Gasteiger partial charge in [-0.1, -0.05) is 60.8 Å². The summed E-state index contributed by atoms with van der Waals surface area (Å²) in [6.45, 7) is 2.73. The van der Waals surface area contributed by atoms with Crippen molar-refractivity contribution >= 4 is 41.8 Å². The molecule has 2 saturated heterocycles. The Balaban J connectivity index is 1.43. The number of ketones is 1. The van der Waals surface area contributed by atoms with Crippen LogP contribution in [-0.2, 0) is 19.9 Å². The maximum Gasteiger partial charge on any atom is 0.248 e. The molecule has 0 saturated carbocycles. The van der Waals surface area contributed by atoms with Crippen molar-refractivity contribution in [3.8, 4) is 11.6 Å². The number of piperidine rings is 1. The van der Waals surface area contributed by atoms with Gasteiger partial charge in [-0.05, 0) is 47.5 Å². The Morgan fingerprint density at radius 1 is 0.930 bits per heavy atom. The van der Waals surface area contributed by atoms with Crippen LogP contribution < -0.4 is 9.64 Å². The monoisotopic (exact) mass is 621 g/mol. The highest BCUT2D eigenvalue weighted by atomic mass is 35.5. The summed E-state index contributed by atoms with van der Waals surface area (Å²) >= 11 is 11.1. The highest BCUT2D eigenvalue weighted by Crippen LogP contribution is 2.48. The Labute approximate surface area is 257 Å². The van der Waals surface area contributed by atoms with Crippen LogP contribution in [0.1, 0.15) is 29.2 Å². The molecule has 2 fully saturated rings. The minimum Gasteiger partial charge on any atom is -0.439 e. The van der Waals surface area contributed by atoms with Crippen LogP contribution in [0.25, 0.3) is 0 Å². The molecular weight excluding hydrogens is 596 g/mol. The van der Waals surface area contributed by atoms with Gasteiger partial charge in [0.05, 0.1) is 18.9 Å². The van der Waals surface area contributed by atoms with E-state index in [1.165, 1.54) is 10.4 Å². The van der Waals surface area contributed by atoms with Crippen LogP contribution in [0, 0.1) is 11.6 Å². The van der Waals surface area contributed by atoms with Crippen molar-refractivity contribution in [2.24, 2.45) is 0 Å². The Morgan fingerprint density at radius 3 is 2.40 bits per heavy atom. The fourth-order valence-electron chi connectivity index (χ4n) is 5.60. The van der Waals surface area contributed by atoms with E-state index in [-0.39, 0.29) is 23.8 Å². The number of nitrogens with zero attached hydrogens (tertiary/aromatic N) is 3. The van der Waals surface area contributed by atoms with Crippen molar-refractivity contribution < 1.29 is 27.8 Å². The van der Waals surface area contributed by atoms with Gasteiger partial charge in [0, 0.05) is 42.4 Å². The first-order valence-electron chi connectivity index (χ1n) is 13.6. The van der Waals surface area contributed by atoms with Crippen molar-refractivity contribution in [2.75, 3.05) is 31.2 Å². The molecule has 6 rings (SSSR count). The fraction of sp³-hybridized carbons (Fsp3) is 0.219. The molecule has 1 aromatic heterocycles. The number of carbonyl (C=O) groups is 2. The van der Waals surface area contributed by atoms with Gasteiger partial charge in [0.1, 0.15) is 17.2 Å². The maximum atomic E-state index is 14.0. The number of hydrogen-bond donors (Lipinski definition) is 1. The normalized spacial score (nSPS) is 20.8. The van der Waals surface area contributed by atoms with Crippen molar-refractivity contribution in [1.29, 1.82) is 0 Å². The first-order chi connectivity index (χ1) is 20.8. The molecule has 2 atom stereocenters. The predicted molar refractivity (Wildman–Crippen MR) is 161 cm³/mol.